The molecule has 1 aromatic heterocycles. The minimum Gasteiger partial charge on any atom is -0.468 e. The van der Waals surface area contributed by atoms with Crippen molar-refractivity contribution in [2.45, 2.75) is 63.5 Å². The Morgan fingerprint density at radius 2 is 1.51 bits per heavy atom. The highest BCUT2D eigenvalue weighted by atomic mass is 31.0. The van der Waals surface area contributed by atoms with Crippen LogP contribution >= 0.6 is 9.39 Å². The third-order valence-corrected chi connectivity index (χ3v) is 8.86. The molecule has 14 heteroatoms. The van der Waals surface area contributed by atoms with Crippen LogP contribution in [0.1, 0.15) is 60.7 Å². The number of halogens is 7. The number of esters is 1. The van der Waals surface area contributed by atoms with Crippen LogP contribution in [0.3, 0.4) is 0 Å². The topological polar surface area (TPSA) is 62.7 Å². The Morgan fingerprint density at radius 1 is 0.933 bits per heavy atom. The number of alkyl halides is 6. The number of benzene rings is 2. The van der Waals surface area contributed by atoms with Gasteiger partial charge in [0.1, 0.15) is 11.9 Å². The predicted molar refractivity (Wildman–Crippen MR) is 157 cm³/mol. The second-order valence-corrected chi connectivity index (χ2v) is 12.0. The number of rotatable bonds is 6. The minimum atomic E-state index is -5.09. The van der Waals surface area contributed by atoms with Gasteiger partial charge in [-0.15, -0.1) is 0 Å². The van der Waals surface area contributed by atoms with Crippen molar-refractivity contribution in [3.63, 3.8) is 0 Å². The number of hydrogen-bond acceptors (Lipinski definition) is 5. The molecule has 0 saturated carbocycles. The van der Waals surface area contributed by atoms with Crippen LogP contribution in [0.15, 0.2) is 48.7 Å². The first-order chi connectivity index (χ1) is 20.8. The number of carbonyl (C=O) groups excluding carboxylic acids is 2. The molecule has 1 fully saturated rings. The molecule has 45 heavy (non-hydrogen) atoms. The molecule has 2 aromatic carbocycles. The maximum absolute atomic E-state index is 14.1. The number of aryl methyl sites for hydroxylation is 1. The first-order valence-electron chi connectivity index (χ1n) is 13.7. The standard InChI is InChI=1S/C31H31F7N3O3P/c1-16-10-20(32)6-7-21(16)22-14-23(24-8-9-25(41(24)45)27(42)44-5)39-15-26(22)40(4)28(43)29(2,3)17-11-18(30(33,34)35)13-19(12-17)31(36,37)38/h6-7,10-15,24-25H,8-9,45H2,1-5H3. The summed E-state index contributed by atoms with van der Waals surface area (Å²) >= 11 is 0. The Kier molecular flexibility index (Phi) is 9.39. The van der Waals surface area contributed by atoms with Gasteiger partial charge in [0.2, 0.25) is 5.91 Å². The molecule has 3 unspecified atom stereocenters. The number of aromatic nitrogens is 1. The minimum absolute atomic E-state index is 0.00884. The molecule has 3 aromatic rings. The smallest absolute Gasteiger partial charge is 0.416 e. The van der Waals surface area contributed by atoms with Crippen LogP contribution in [0.4, 0.5) is 36.4 Å². The molecule has 0 radical (unpaired) electrons. The van der Waals surface area contributed by atoms with Gasteiger partial charge < -0.3 is 9.64 Å². The number of hydrogen-bond donors (Lipinski definition) is 0. The van der Waals surface area contributed by atoms with Gasteiger partial charge in [0.05, 0.1) is 47.3 Å². The van der Waals surface area contributed by atoms with E-state index >= 15 is 0 Å². The third-order valence-electron chi connectivity index (χ3n) is 8.14. The van der Waals surface area contributed by atoms with Crippen molar-refractivity contribution in [3.8, 4) is 11.1 Å². The van der Waals surface area contributed by atoms with E-state index in [4.69, 9.17) is 4.74 Å². The Hall–Kier alpha value is -3.57. The molecule has 1 amide bonds. The van der Waals surface area contributed by atoms with Crippen LogP contribution in [0.2, 0.25) is 0 Å². The van der Waals surface area contributed by atoms with Gasteiger partial charge >= 0.3 is 18.3 Å². The van der Waals surface area contributed by atoms with Crippen molar-refractivity contribution in [1.82, 2.24) is 9.65 Å². The van der Waals surface area contributed by atoms with Gasteiger partial charge in [0, 0.05) is 12.6 Å². The van der Waals surface area contributed by atoms with Crippen LogP contribution in [-0.2, 0) is 32.1 Å². The summed E-state index contributed by atoms with van der Waals surface area (Å²) < 4.78 is 102. The average Bonchev–Trinajstić information content (AvgIpc) is 3.35. The van der Waals surface area contributed by atoms with Gasteiger partial charge in [0.15, 0.2) is 0 Å². The summed E-state index contributed by atoms with van der Waals surface area (Å²) in [5.41, 5.74) is -3.26. The van der Waals surface area contributed by atoms with Crippen molar-refractivity contribution >= 4 is 27.0 Å². The van der Waals surface area contributed by atoms with Crippen LogP contribution in [-0.4, -0.2) is 41.7 Å². The Morgan fingerprint density at radius 3 is 2.04 bits per heavy atom. The molecule has 0 spiro atoms. The van der Waals surface area contributed by atoms with Crippen molar-refractivity contribution < 1.29 is 45.1 Å². The highest BCUT2D eigenvalue weighted by molar-refractivity contribution is 7.13. The number of nitrogens with zero attached hydrogens (tertiary/aromatic N) is 3. The number of ether oxygens (including phenoxy) is 1. The first kappa shape index (κ1) is 34.3. The van der Waals surface area contributed by atoms with Crippen molar-refractivity contribution in [2.24, 2.45) is 0 Å². The van der Waals surface area contributed by atoms with Crippen LogP contribution < -0.4 is 4.90 Å². The largest absolute Gasteiger partial charge is 0.468 e. The van der Waals surface area contributed by atoms with Gasteiger partial charge in [0.25, 0.3) is 0 Å². The van der Waals surface area contributed by atoms with Crippen LogP contribution in [0.25, 0.3) is 11.1 Å². The third kappa shape index (κ3) is 6.84. The number of carbonyl (C=O) groups is 2. The second kappa shape index (κ2) is 12.3. The quantitative estimate of drug-likeness (QED) is 0.155. The Labute approximate surface area is 257 Å². The lowest BCUT2D eigenvalue weighted by atomic mass is 9.81. The molecule has 242 valence electrons. The summed E-state index contributed by atoms with van der Waals surface area (Å²) in [7, 11) is 5.12. The van der Waals surface area contributed by atoms with E-state index in [9.17, 15) is 40.3 Å². The summed E-state index contributed by atoms with van der Waals surface area (Å²) in [6.07, 6.45) is -7.78. The molecule has 0 N–H and O–H groups in total. The zero-order valence-corrected chi connectivity index (χ0v) is 26.1. The second-order valence-electron chi connectivity index (χ2n) is 11.4. The van der Waals surface area contributed by atoms with Gasteiger partial charge in [-0.25, -0.2) is 4.39 Å². The van der Waals surface area contributed by atoms with E-state index in [-0.39, 0.29) is 17.8 Å². The van der Waals surface area contributed by atoms with Crippen molar-refractivity contribution in [3.05, 3.63) is 82.4 Å². The van der Waals surface area contributed by atoms with Gasteiger partial charge in [-0.05, 0) is 86.7 Å². The SMILES string of the molecule is COC(=O)C1CCC(c2cc(-c3ccc(F)cc3C)c(N(C)C(=O)C(C)(C)c3cc(C(F)(F)F)cc(C(F)(F)F)c3)cn2)N1P. The number of amides is 1. The summed E-state index contributed by atoms with van der Waals surface area (Å²) in [5, 5.41) is 0. The van der Waals surface area contributed by atoms with Crippen LogP contribution in [0.5, 0.6) is 0 Å². The Balaban J connectivity index is 1.82. The fraction of sp³-hybridized carbons (Fsp3) is 0.387. The zero-order chi connectivity index (χ0) is 33.6. The Bertz CT molecular complexity index is 1590. The van der Waals surface area contributed by atoms with E-state index in [0.717, 1.165) is 4.90 Å². The fourth-order valence-corrected chi connectivity index (χ4v) is 6.11. The molecule has 1 saturated heterocycles. The molecule has 3 atom stereocenters. The molecule has 1 aliphatic heterocycles. The number of pyridine rings is 1. The monoisotopic (exact) mass is 657 g/mol. The molecule has 1 aliphatic rings. The first-order valence-corrected chi connectivity index (χ1v) is 14.2. The van der Waals surface area contributed by atoms with E-state index in [1.807, 2.05) is 0 Å². The van der Waals surface area contributed by atoms with E-state index < -0.39 is 58.2 Å². The molecular weight excluding hydrogens is 626 g/mol. The van der Waals surface area contributed by atoms with E-state index in [1.54, 1.807) is 17.7 Å². The molecule has 0 bridgehead atoms. The number of likely N-dealkylation sites (N-methyl/N-ethyl adjacent to an activating group) is 1. The molecule has 4 rings (SSSR count). The van der Waals surface area contributed by atoms with E-state index in [1.165, 1.54) is 52.4 Å². The van der Waals surface area contributed by atoms with E-state index in [0.29, 0.717) is 47.4 Å². The maximum Gasteiger partial charge on any atom is 0.416 e. The summed E-state index contributed by atoms with van der Waals surface area (Å²) in [5.74, 6) is -1.74. The normalized spacial score (nSPS) is 17.8. The number of methoxy groups -OCH3 is 1. The van der Waals surface area contributed by atoms with Crippen molar-refractivity contribution in [1.29, 1.82) is 0 Å². The highest BCUT2D eigenvalue weighted by Crippen LogP contribution is 2.43. The number of anilines is 1. The lowest BCUT2D eigenvalue weighted by Crippen LogP contribution is -2.42. The summed E-state index contributed by atoms with van der Waals surface area (Å²) in [6.45, 7) is 4.13. The molecular formula is C31H31F7N3O3P. The highest BCUT2D eigenvalue weighted by Gasteiger charge is 2.42. The predicted octanol–water partition coefficient (Wildman–Crippen LogP) is 7.64. The lowest BCUT2D eigenvalue weighted by Gasteiger charge is -2.32. The molecule has 0 aliphatic carbocycles. The van der Waals surface area contributed by atoms with Gasteiger partial charge in [-0.1, -0.05) is 15.5 Å². The summed E-state index contributed by atoms with van der Waals surface area (Å²) in [6, 6.07) is 5.90. The zero-order valence-electron chi connectivity index (χ0n) is 25.0. The van der Waals surface area contributed by atoms with Gasteiger partial charge in [-0.3, -0.25) is 19.2 Å². The van der Waals surface area contributed by atoms with E-state index in [2.05, 4.69) is 14.4 Å². The lowest BCUT2D eigenvalue weighted by molar-refractivity contribution is -0.145. The average molecular weight is 658 g/mol. The maximum atomic E-state index is 14.1. The van der Waals surface area contributed by atoms with Gasteiger partial charge in [-0.2, -0.15) is 26.3 Å². The van der Waals surface area contributed by atoms with Crippen LogP contribution in [0, 0.1) is 12.7 Å². The molecule has 2 heterocycles. The summed E-state index contributed by atoms with van der Waals surface area (Å²) in [4.78, 5) is 31.9. The van der Waals surface area contributed by atoms with Crippen molar-refractivity contribution in [2.75, 3.05) is 19.1 Å². The molecule has 6 nitrogen and oxygen atoms in total. The fourth-order valence-electron chi connectivity index (χ4n) is 5.53.